The van der Waals surface area contributed by atoms with Crippen molar-refractivity contribution in [2.24, 2.45) is 0 Å². The molecule has 0 spiro atoms. The lowest BCUT2D eigenvalue weighted by molar-refractivity contribution is 0.405. The third kappa shape index (κ3) is 2.35. The predicted octanol–water partition coefficient (Wildman–Crippen LogP) is 3.37. The summed E-state index contributed by atoms with van der Waals surface area (Å²) in [6.45, 7) is 2.15. The van der Waals surface area contributed by atoms with Gasteiger partial charge in [0.1, 0.15) is 5.75 Å². The molecule has 17 heavy (non-hydrogen) atoms. The lowest BCUT2D eigenvalue weighted by Crippen LogP contribution is -2.18. The van der Waals surface area contributed by atoms with Crippen LogP contribution in [0.2, 0.25) is 0 Å². The molecule has 0 aliphatic rings. The van der Waals surface area contributed by atoms with E-state index in [2.05, 4.69) is 29.8 Å². The molecule has 0 bridgehead atoms. The van der Waals surface area contributed by atoms with Crippen LogP contribution in [0.4, 0.5) is 0 Å². The van der Waals surface area contributed by atoms with Crippen LogP contribution in [0.5, 0.6) is 5.75 Å². The van der Waals surface area contributed by atoms with Crippen molar-refractivity contribution in [1.29, 1.82) is 0 Å². The summed E-state index contributed by atoms with van der Waals surface area (Å²) in [6.07, 6.45) is 0. The van der Waals surface area contributed by atoms with Gasteiger partial charge in [-0.2, -0.15) is 0 Å². The summed E-state index contributed by atoms with van der Waals surface area (Å²) in [6, 6.07) is 10.5. The molecular formula is C14H17NOS. The van der Waals surface area contributed by atoms with Crippen molar-refractivity contribution >= 4 is 11.3 Å². The van der Waals surface area contributed by atoms with Gasteiger partial charge in [0.2, 0.25) is 0 Å². The molecule has 1 atom stereocenters. The highest BCUT2D eigenvalue weighted by atomic mass is 32.1. The van der Waals surface area contributed by atoms with Gasteiger partial charge in [0.25, 0.3) is 0 Å². The Morgan fingerprint density at radius 2 is 1.94 bits per heavy atom. The molecule has 0 saturated carbocycles. The predicted molar refractivity (Wildman–Crippen MR) is 73.0 cm³/mol. The Bertz CT molecular complexity index is 492. The molecule has 0 aliphatic heterocycles. The third-order valence-electron chi connectivity index (χ3n) is 2.95. The summed E-state index contributed by atoms with van der Waals surface area (Å²) < 4.78 is 5.43. The summed E-state index contributed by atoms with van der Waals surface area (Å²) in [5.74, 6) is 0.928. The average molecular weight is 247 g/mol. The molecule has 1 heterocycles. The largest absolute Gasteiger partial charge is 0.496 e. The molecule has 0 saturated heterocycles. The molecule has 2 nitrogen and oxygen atoms in total. The number of thiophene rings is 1. The Morgan fingerprint density at radius 1 is 1.18 bits per heavy atom. The van der Waals surface area contributed by atoms with E-state index in [1.165, 1.54) is 16.0 Å². The summed E-state index contributed by atoms with van der Waals surface area (Å²) in [5, 5.41) is 5.49. The van der Waals surface area contributed by atoms with Gasteiger partial charge in [-0.1, -0.05) is 18.2 Å². The van der Waals surface area contributed by atoms with E-state index in [1.54, 1.807) is 18.4 Å². The van der Waals surface area contributed by atoms with Crippen LogP contribution in [-0.4, -0.2) is 14.2 Å². The fraction of sp³-hybridized carbons (Fsp3) is 0.286. The topological polar surface area (TPSA) is 21.3 Å². The summed E-state index contributed by atoms with van der Waals surface area (Å²) in [5.41, 5.74) is 2.50. The zero-order chi connectivity index (χ0) is 12.3. The Balaban J connectivity index is 2.46. The molecule has 0 fully saturated rings. The van der Waals surface area contributed by atoms with Crippen molar-refractivity contribution in [3.63, 3.8) is 0 Å². The Kier molecular flexibility index (Phi) is 3.82. The molecule has 1 unspecified atom stereocenters. The second kappa shape index (κ2) is 5.34. The Morgan fingerprint density at radius 3 is 2.53 bits per heavy atom. The minimum Gasteiger partial charge on any atom is -0.496 e. The van der Waals surface area contributed by atoms with Crippen LogP contribution in [0.25, 0.3) is 0 Å². The van der Waals surface area contributed by atoms with Crippen LogP contribution in [-0.2, 0) is 0 Å². The molecule has 1 aromatic carbocycles. The van der Waals surface area contributed by atoms with E-state index in [0.717, 1.165) is 5.75 Å². The zero-order valence-corrected chi connectivity index (χ0v) is 11.2. The first kappa shape index (κ1) is 12.1. The van der Waals surface area contributed by atoms with E-state index >= 15 is 0 Å². The quantitative estimate of drug-likeness (QED) is 0.894. The highest BCUT2D eigenvalue weighted by Crippen LogP contribution is 2.32. The number of methoxy groups -OCH3 is 1. The van der Waals surface area contributed by atoms with Crippen molar-refractivity contribution < 1.29 is 4.74 Å². The lowest BCUT2D eigenvalue weighted by Gasteiger charge is -2.19. The van der Waals surface area contributed by atoms with Crippen LogP contribution in [0.1, 0.15) is 22.0 Å². The molecule has 3 heteroatoms. The highest BCUT2D eigenvalue weighted by Gasteiger charge is 2.18. The minimum absolute atomic E-state index is 0.192. The van der Waals surface area contributed by atoms with Gasteiger partial charge in [-0.05, 0) is 37.0 Å². The van der Waals surface area contributed by atoms with E-state index in [-0.39, 0.29) is 6.04 Å². The monoisotopic (exact) mass is 247 g/mol. The molecule has 2 rings (SSSR count). The van der Waals surface area contributed by atoms with Crippen LogP contribution >= 0.6 is 11.3 Å². The van der Waals surface area contributed by atoms with Gasteiger partial charge in [0.15, 0.2) is 0 Å². The first-order chi connectivity index (χ1) is 8.27. The van der Waals surface area contributed by atoms with Crippen LogP contribution < -0.4 is 10.1 Å². The second-order valence-electron chi connectivity index (χ2n) is 3.90. The van der Waals surface area contributed by atoms with E-state index in [1.807, 2.05) is 25.2 Å². The lowest BCUT2D eigenvalue weighted by atomic mass is 9.99. The first-order valence-corrected chi connectivity index (χ1v) is 6.50. The van der Waals surface area contributed by atoms with Gasteiger partial charge in [0, 0.05) is 10.4 Å². The number of para-hydroxylation sites is 1. The molecule has 1 aromatic heterocycles. The van der Waals surface area contributed by atoms with Crippen LogP contribution in [0, 0.1) is 6.92 Å². The summed E-state index contributed by atoms with van der Waals surface area (Å²) in [7, 11) is 3.69. The van der Waals surface area contributed by atoms with Crippen molar-refractivity contribution in [1.82, 2.24) is 5.32 Å². The number of benzene rings is 1. The van der Waals surface area contributed by atoms with Crippen molar-refractivity contribution in [3.8, 4) is 5.75 Å². The van der Waals surface area contributed by atoms with E-state index in [4.69, 9.17) is 4.74 Å². The second-order valence-corrected chi connectivity index (χ2v) is 5.02. The number of nitrogens with one attached hydrogen (secondary N) is 1. The average Bonchev–Trinajstić information content (AvgIpc) is 2.78. The molecule has 2 aromatic rings. The minimum atomic E-state index is 0.192. The SMILES string of the molecule is CNC(c1ccccc1OC)c1ccsc1C. The number of ether oxygens (including phenoxy) is 1. The zero-order valence-electron chi connectivity index (χ0n) is 10.4. The van der Waals surface area contributed by atoms with Gasteiger partial charge in [-0.3, -0.25) is 0 Å². The molecule has 0 radical (unpaired) electrons. The maximum atomic E-state index is 5.43. The fourth-order valence-corrected chi connectivity index (χ4v) is 2.82. The number of aryl methyl sites for hydroxylation is 1. The summed E-state index contributed by atoms with van der Waals surface area (Å²) >= 11 is 1.78. The van der Waals surface area contributed by atoms with Gasteiger partial charge in [-0.25, -0.2) is 0 Å². The molecule has 90 valence electrons. The van der Waals surface area contributed by atoms with Crippen LogP contribution in [0.3, 0.4) is 0 Å². The molecule has 1 N–H and O–H groups in total. The Hall–Kier alpha value is -1.32. The summed E-state index contributed by atoms with van der Waals surface area (Å²) in [4.78, 5) is 1.34. The first-order valence-electron chi connectivity index (χ1n) is 5.62. The Labute approximate surface area is 106 Å². The fourth-order valence-electron chi connectivity index (χ4n) is 2.08. The molecular weight excluding hydrogens is 230 g/mol. The molecule has 0 amide bonds. The van der Waals surface area contributed by atoms with Gasteiger partial charge in [0.05, 0.1) is 13.2 Å². The maximum absolute atomic E-state index is 5.43. The van der Waals surface area contributed by atoms with E-state index in [0.29, 0.717) is 0 Å². The highest BCUT2D eigenvalue weighted by molar-refractivity contribution is 7.10. The number of hydrogen-bond donors (Lipinski definition) is 1. The number of rotatable bonds is 4. The molecule has 0 aliphatic carbocycles. The van der Waals surface area contributed by atoms with Gasteiger partial charge < -0.3 is 10.1 Å². The van der Waals surface area contributed by atoms with Crippen molar-refractivity contribution in [3.05, 3.63) is 51.7 Å². The third-order valence-corrected chi connectivity index (χ3v) is 3.81. The maximum Gasteiger partial charge on any atom is 0.123 e. The van der Waals surface area contributed by atoms with E-state index < -0.39 is 0 Å². The standard InChI is InChI=1S/C14H17NOS/c1-10-11(8-9-17-10)14(15-2)12-6-4-5-7-13(12)16-3/h4-9,14-15H,1-3H3. The van der Waals surface area contributed by atoms with Crippen molar-refractivity contribution in [2.75, 3.05) is 14.2 Å². The van der Waals surface area contributed by atoms with E-state index in [9.17, 15) is 0 Å². The van der Waals surface area contributed by atoms with Gasteiger partial charge >= 0.3 is 0 Å². The normalized spacial score (nSPS) is 12.4. The number of hydrogen-bond acceptors (Lipinski definition) is 3. The van der Waals surface area contributed by atoms with Gasteiger partial charge in [-0.15, -0.1) is 11.3 Å². The van der Waals surface area contributed by atoms with Crippen molar-refractivity contribution in [2.45, 2.75) is 13.0 Å². The van der Waals surface area contributed by atoms with Crippen LogP contribution in [0.15, 0.2) is 35.7 Å². The smallest absolute Gasteiger partial charge is 0.123 e.